The van der Waals surface area contributed by atoms with Crippen molar-refractivity contribution >= 4 is 26.1 Å². The van der Waals surface area contributed by atoms with Crippen molar-refractivity contribution in [2.75, 3.05) is 0 Å². The third-order valence-corrected chi connectivity index (χ3v) is 8.93. The second-order valence-corrected chi connectivity index (χ2v) is 13.6. The van der Waals surface area contributed by atoms with Crippen molar-refractivity contribution in [1.29, 1.82) is 0 Å². The van der Waals surface area contributed by atoms with Crippen LogP contribution in [0.4, 0.5) is 0 Å². The summed E-state index contributed by atoms with van der Waals surface area (Å²) in [5, 5.41) is 22.7. The van der Waals surface area contributed by atoms with Crippen LogP contribution in [0.15, 0.2) is 10.3 Å². The van der Waals surface area contributed by atoms with Gasteiger partial charge in [-0.05, 0) is 12.8 Å². The molecule has 0 aliphatic heterocycles. The molecule has 0 aromatic rings. The molecule has 0 unspecified atom stereocenters. The van der Waals surface area contributed by atoms with Gasteiger partial charge in [0.2, 0.25) is 0 Å². The largest absolute Gasteiger partial charge is 0.410 e. The molecule has 0 aliphatic rings. The Labute approximate surface area is 229 Å². The van der Waals surface area contributed by atoms with Crippen LogP contribution in [0.3, 0.4) is 0 Å². The molecule has 0 aromatic heterocycles. The average molecular weight is 585 g/mol. The Morgan fingerprint density at radius 3 is 0.658 bits per heavy atom. The van der Waals surface area contributed by atoms with Crippen LogP contribution in [-0.2, 0) is 9.13 Å². The van der Waals surface area contributed by atoms with Crippen LogP contribution in [0.1, 0.15) is 154 Å². The minimum absolute atomic E-state index is 0.154. The highest BCUT2D eigenvalue weighted by molar-refractivity contribution is 7.70. The average Bonchev–Trinajstić information content (AvgIpc) is 2.84. The third-order valence-electron chi connectivity index (χ3n) is 6.95. The number of nitrogens with zero attached hydrogens (tertiary/aromatic N) is 2. The fourth-order valence-electron chi connectivity index (χ4n) is 4.61. The van der Waals surface area contributed by atoms with Gasteiger partial charge in [0.1, 0.15) is 0 Å². The van der Waals surface area contributed by atoms with Gasteiger partial charge in [0.15, 0.2) is 10.9 Å². The predicted octanol–water partition coefficient (Wildman–Crippen LogP) is 8.28. The Balaban J connectivity index is 3.26. The molecule has 0 saturated heterocycles. The highest BCUT2D eigenvalue weighted by atomic mass is 31.2. The molecule has 0 saturated carbocycles. The predicted molar refractivity (Wildman–Crippen MR) is 153 cm³/mol. The number of rotatable bonds is 27. The number of oxime groups is 2. The van der Waals surface area contributed by atoms with Gasteiger partial charge in [0, 0.05) is 12.8 Å². The lowest BCUT2D eigenvalue weighted by Crippen LogP contribution is -1.99. The Morgan fingerprint density at radius 2 is 0.526 bits per heavy atom. The van der Waals surface area contributed by atoms with E-state index in [0.717, 1.165) is 38.5 Å². The molecule has 38 heavy (non-hydrogen) atoms. The van der Waals surface area contributed by atoms with Crippen LogP contribution in [0, 0.1) is 0 Å². The van der Waals surface area contributed by atoms with Crippen molar-refractivity contribution in [3.63, 3.8) is 0 Å². The van der Waals surface area contributed by atoms with Gasteiger partial charge in [0.25, 0.3) is 0 Å². The summed E-state index contributed by atoms with van der Waals surface area (Å²) in [6, 6.07) is 0. The van der Waals surface area contributed by atoms with E-state index in [-0.39, 0.29) is 12.8 Å². The normalized spacial score (nSPS) is 13.4. The first-order chi connectivity index (χ1) is 18.1. The molecule has 10 nitrogen and oxygen atoms in total. The smallest absolute Gasteiger partial charge is 0.373 e. The molecule has 0 atom stereocenters. The van der Waals surface area contributed by atoms with Gasteiger partial charge in [-0.2, -0.15) is 0 Å². The van der Waals surface area contributed by atoms with Crippen LogP contribution in [0.5, 0.6) is 0 Å². The molecule has 6 N–H and O–H groups in total. The number of hydrogen-bond acceptors (Lipinski definition) is 6. The van der Waals surface area contributed by atoms with E-state index in [1.165, 1.54) is 89.9 Å². The minimum atomic E-state index is -4.40. The first-order valence-corrected chi connectivity index (χ1v) is 17.9. The third kappa shape index (κ3) is 23.2. The summed E-state index contributed by atoms with van der Waals surface area (Å²) in [6.45, 7) is 0. The summed E-state index contributed by atoms with van der Waals surface area (Å²) in [5.74, 6) is 0. The number of hydrogen-bond donors (Lipinski definition) is 6. The molecule has 0 heterocycles. The van der Waals surface area contributed by atoms with Crippen molar-refractivity contribution < 1.29 is 39.1 Å². The van der Waals surface area contributed by atoms with E-state index >= 15 is 0 Å². The Kier molecular flexibility index (Phi) is 23.6. The molecule has 0 amide bonds. The lowest BCUT2D eigenvalue weighted by atomic mass is 10.0. The van der Waals surface area contributed by atoms with Gasteiger partial charge in [-0.3, -0.25) is 9.13 Å². The van der Waals surface area contributed by atoms with Gasteiger partial charge in [-0.1, -0.05) is 139 Å². The van der Waals surface area contributed by atoms with Crippen molar-refractivity contribution in [3.05, 3.63) is 0 Å². The minimum Gasteiger partial charge on any atom is -0.410 e. The van der Waals surface area contributed by atoms with Gasteiger partial charge >= 0.3 is 15.2 Å². The summed E-state index contributed by atoms with van der Waals surface area (Å²) in [5.41, 5.74) is -0.823. The highest BCUT2D eigenvalue weighted by Gasteiger charge is 2.23. The first-order valence-electron chi connectivity index (χ1n) is 14.7. The van der Waals surface area contributed by atoms with Crippen LogP contribution in [-0.4, -0.2) is 40.9 Å². The summed E-state index contributed by atoms with van der Waals surface area (Å²) in [6.07, 6.45) is 25.8. The molecule has 0 rings (SSSR count). The van der Waals surface area contributed by atoms with Crippen LogP contribution in [0.25, 0.3) is 0 Å². The molecular formula is C26H54N2O8P2. The van der Waals surface area contributed by atoms with Crippen molar-refractivity contribution in [1.82, 2.24) is 0 Å². The van der Waals surface area contributed by atoms with Crippen molar-refractivity contribution in [2.45, 2.75) is 154 Å². The summed E-state index contributed by atoms with van der Waals surface area (Å²) < 4.78 is 22.1. The first kappa shape index (κ1) is 37.2. The van der Waals surface area contributed by atoms with Gasteiger partial charge < -0.3 is 30.0 Å². The van der Waals surface area contributed by atoms with Crippen LogP contribution >= 0.6 is 15.2 Å². The maximum absolute atomic E-state index is 11.0. The van der Waals surface area contributed by atoms with Crippen LogP contribution in [0.2, 0.25) is 0 Å². The van der Waals surface area contributed by atoms with Crippen molar-refractivity contribution in [2.24, 2.45) is 10.3 Å². The Hall–Kier alpha value is -0.760. The van der Waals surface area contributed by atoms with Gasteiger partial charge in [-0.25, -0.2) is 0 Å². The number of unbranched alkanes of at least 4 members (excludes halogenated alkanes) is 21. The second kappa shape index (κ2) is 24.1. The summed E-state index contributed by atoms with van der Waals surface area (Å²) in [4.78, 5) is 35.9. The lowest BCUT2D eigenvalue weighted by molar-refractivity contribution is 0.314. The van der Waals surface area contributed by atoms with Crippen molar-refractivity contribution in [3.8, 4) is 0 Å². The van der Waals surface area contributed by atoms with E-state index < -0.39 is 26.1 Å². The van der Waals surface area contributed by atoms with E-state index in [0.29, 0.717) is 12.8 Å². The molecular weight excluding hydrogens is 530 g/mol. The zero-order valence-corrected chi connectivity index (χ0v) is 25.0. The van der Waals surface area contributed by atoms with E-state index in [1.54, 1.807) is 0 Å². The molecule has 12 heteroatoms. The summed E-state index contributed by atoms with van der Waals surface area (Å²) >= 11 is 0. The molecule has 0 aliphatic carbocycles. The zero-order valence-electron chi connectivity index (χ0n) is 23.3. The van der Waals surface area contributed by atoms with Crippen LogP contribution < -0.4 is 0 Å². The standard InChI is InChI=1S/C26H54N2O8P2/c29-27-25(37(31,32)33)23-21-19-17-15-13-11-9-7-5-3-1-2-4-6-8-10-12-14-16-18-20-22-24-26(28-30)38(34,35)36/h29-30H,1-24H2,(H2,31,32,33)(H2,34,35,36). The highest BCUT2D eigenvalue weighted by Crippen LogP contribution is 2.39. The van der Waals surface area contributed by atoms with E-state index in [4.69, 9.17) is 30.0 Å². The summed E-state index contributed by atoms with van der Waals surface area (Å²) in [7, 11) is -8.80. The zero-order chi connectivity index (χ0) is 28.5. The van der Waals surface area contributed by atoms with Gasteiger partial charge in [-0.15, -0.1) is 0 Å². The maximum Gasteiger partial charge on any atom is 0.373 e. The van der Waals surface area contributed by atoms with E-state index in [1.807, 2.05) is 0 Å². The molecule has 0 radical (unpaired) electrons. The second-order valence-electron chi connectivity index (χ2n) is 10.4. The molecule has 0 spiro atoms. The molecule has 226 valence electrons. The Morgan fingerprint density at radius 1 is 0.368 bits per heavy atom. The molecule has 0 aromatic carbocycles. The van der Waals surface area contributed by atoms with E-state index in [2.05, 4.69) is 10.3 Å². The SMILES string of the molecule is O=P(O)(O)C(CCCCCCCCCCCCCCCCCCCCCCCCC(=NO)P(=O)(O)O)=NO. The molecule has 0 bridgehead atoms. The Bertz CT molecular complexity index is 662. The fourth-order valence-corrected chi connectivity index (χ4v) is 5.74. The quantitative estimate of drug-likeness (QED) is 0.0183. The fraction of sp³-hybridized carbons (Fsp3) is 0.923. The maximum atomic E-state index is 11.0. The lowest BCUT2D eigenvalue weighted by Gasteiger charge is -2.06. The van der Waals surface area contributed by atoms with Gasteiger partial charge in [0.05, 0.1) is 0 Å². The topological polar surface area (TPSA) is 180 Å². The molecule has 0 fully saturated rings. The van der Waals surface area contributed by atoms with E-state index in [9.17, 15) is 9.13 Å². The monoisotopic (exact) mass is 584 g/mol.